The Bertz CT molecular complexity index is 417. The average Bonchev–Trinajstić information content (AvgIpc) is 3.33. The van der Waals surface area contributed by atoms with Crippen LogP contribution >= 0.6 is 0 Å². The summed E-state index contributed by atoms with van der Waals surface area (Å²) in [7, 11) is 0. The van der Waals surface area contributed by atoms with Crippen molar-refractivity contribution in [3.8, 4) is 0 Å². The summed E-state index contributed by atoms with van der Waals surface area (Å²) < 4.78 is 0. The molecule has 1 unspecified atom stereocenters. The number of nitrogens with zero attached hydrogens (tertiary/aromatic N) is 2. The maximum atomic E-state index is 12.7. The third-order valence-electron chi connectivity index (χ3n) is 5.14. The van der Waals surface area contributed by atoms with Crippen LogP contribution in [0.2, 0.25) is 0 Å². The lowest BCUT2D eigenvalue weighted by molar-refractivity contribution is -0.148. The topological polar surface area (TPSA) is 60.9 Å². The molecule has 3 fully saturated rings. The van der Waals surface area contributed by atoms with Crippen LogP contribution in [0.4, 0.5) is 4.79 Å². The molecule has 0 radical (unpaired) electrons. The van der Waals surface area contributed by atoms with Crippen molar-refractivity contribution >= 4 is 12.0 Å². The maximum absolute atomic E-state index is 12.7. The Balaban J connectivity index is 1.66. The van der Waals surface area contributed by atoms with Gasteiger partial charge in [0.15, 0.2) is 0 Å². The van der Waals surface area contributed by atoms with Gasteiger partial charge in [-0.1, -0.05) is 6.92 Å². The summed E-state index contributed by atoms with van der Waals surface area (Å²) in [6.07, 6.45) is 5.90. The fourth-order valence-electron chi connectivity index (χ4n) is 3.18. The molecule has 0 bridgehead atoms. The molecule has 2 amide bonds. The first-order valence-corrected chi connectivity index (χ1v) is 7.84. The Morgan fingerprint density at radius 2 is 2.00 bits per heavy atom. The molecule has 1 heterocycles. The van der Waals surface area contributed by atoms with Crippen molar-refractivity contribution in [2.75, 3.05) is 19.6 Å². The second-order valence-electron chi connectivity index (χ2n) is 6.72. The van der Waals surface area contributed by atoms with E-state index in [0.717, 1.165) is 19.4 Å². The van der Waals surface area contributed by atoms with E-state index in [0.29, 0.717) is 37.9 Å². The van der Waals surface area contributed by atoms with Crippen LogP contribution in [0.3, 0.4) is 0 Å². The number of urea groups is 1. The Hall–Kier alpha value is -1.26. The van der Waals surface area contributed by atoms with Crippen molar-refractivity contribution in [3.63, 3.8) is 0 Å². The molecular formula is C15H24N2O3. The van der Waals surface area contributed by atoms with E-state index in [2.05, 4.69) is 0 Å². The van der Waals surface area contributed by atoms with Crippen LogP contribution in [0.15, 0.2) is 0 Å². The lowest BCUT2D eigenvalue weighted by Gasteiger charge is -2.29. The number of hydrogen-bond donors (Lipinski definition) is 1. The fourth-order valence-corrected chi connectivity index (χ4v) is 3.18. The average molecular weight is 280 g/mol. The molecule has 1 atom stereocenters. The minimum absolute atomic E-state index is 0.0796. The van der Waals surface area contributed by atoms with Crippen LogP contribution in [-0.2, 0) is 4.79 Å². The third kappa shape index (κ3) is 2.50. The standard InChI is InChI=1S/C15H24N2O3/c1-2-15(13(18)19)7-8-16(10-15)14(20)17(12-5-6-12)9-11-3-4-11/h11-12H,2-10H2,1H3,(H,18,19). The lowest BCUT2D eigenvalue weighted by atomic mass is 9.84. The molecule has 112 valence electrons. The van der Waals surface area contributed by atoms with Gasteiger partial charge >= 0.3 is 12.0 Å². The molecule has 0 aromatic carbocycles. The second kappa shape index (κ2) is 4.93. The van der Waals surface area contributed by atoms with Crippen molar-refractivity contribution in [3.05, 3.63) is 0 Å². The van der Waals surface area contributed by atoms with E-state index in [1.165, 1.54) is 12.8 Å². The Morgan fingerprint density at radius 3 is 2.45 bits per heavy atom. The van der Waals surface area contributed by atoms with Gasteiger partial charge in [0, 0.05) is 25.7 Å². The summed E-state index contributed by atoms with van der Waals surface area (Å²) in [6, 6.07) is 0.500. The summed E-state index contributed by atoms with van der Waals surface area (Å²) in [6.45, 7) is 3.76. The minimum Gasteiger partial charge on any atom is -0.481 e. The Kier molecular flexibility index (Phi) is 3.38. The Labute approximate surface area is 119 Å². The van der Waals surface area contributed by atoms with E-state index in [-0.39, 0.29) is 6.03 Å². The van der Waals surface area contributed by atoms with Gasteiger partial charge in [0.05, 0.1) is 5.41 Å². The first-order chi connectivity index (χ1) is 9.55. The predicted octanol–water partition coefficient (Wildman–Crippen LogP) is 2.17. The van der Waals surface area contributed by atoms with Gasteiger partial charge in [0.2, 0.25) is 0 Å². The molecule has 2 aliphatic carbocycles. The summed E-state index contributed by atoms with van der Waals surface area (Å²) in [4.78, 5) is 27.9. The molecular weight excluding hydrogens is 256 g/mol. The third-order valence-corrected chi connectivity index (χ3v) is 5.14. The van der Waals surface area contributed by atoms with Gasteiger partial charge in [-0.3, -0.25) is 4.79 Å². The maximum Gasteiger partial charge on any atom is 0.320 e. The molecule has 0 aromatic heterocycles. The number of aliphatic carboxylic acids is 1. The van der Waals surface area contributed by atoms with Crippen LogP contribution in [-0.4, -0.2) is 52.6 Å². The van der Waals surface area contributed by atoms with Gasteiger partial charge in [-0.25, -0.2) is 4.79 Å². The predicted molar refractivity (Wildman–Crippen MR) is 74.4 cm³/mol. The van der Waals surface area contributed by atoms with Crippen LogP contribution < -0.4 is 0 Å². The highest BCUT2D eigenvalue weighted by Gasteiger charge is 2.47. The number of likely N-dealkylation sites (tertiary alicyclic amines) is 1. The van der Waals surface area contributed by atoms with Crippen molar-refractivity contribution in [1.82, 2.24) is 9.80 Å². The second-order valence-corrected chi connectivity index (χ2v) is 6.72. The quantitative estimate of drug-likeness (QED) is 0.839. The van der Waals surface area contributed by atoms with E-state index >= 15 is 0 Å². The molecule has 1 saturated heterocycles. The summed E-state index contributed by atoms with van der Waals surface area (Å²) in [5.74, 6) is -0.0620. The lowest BCUT2D eigenvalue weighted by Crippen LogP contribution is -2.45. The number of carboxylic acid groups (broad SMARTS) is 1. The molecule has 0 aromatic rings. The zero-order valence-corrected chi connectivity index (χ0v) is 12.2. The van der Waals surface area contributed by atoms with Crippen LogP contribution in [0.25, 0.3) is 0 Å². The number of carboxylic acids is 1. The normalized spacial score (nSPS) is 29.6. The first-order valence-electron chi connectivity index (χ1n) is 7.84. The van der Waals surface area contributed by atoms with E-state index in [4.69, 9.17) is 0 Å². The number of carbonyl (C=O) groups is 2. The molecule has 1 N–H and O–H groups in total. The zero-order valence-electron chi connectivity index (χ0n) is 12.2. The molecule has 1 aliphatic heterocycles. The Morgan fingerprint density at radius 1 is 1.30 bits per heavy atom. The van der Waals surface area contributed by atoms with E-state index in [1.807, 2.05) is 11.8 Å². The van der Waals surface area contributed by atoms with Crippen LogP contribution in [0.1, 0.15) is 45.4 Å². The van der Waals surface area contributed by atoms with E-state index < -0.39 is 11.4 Å². The van der Waals surface area contributed by atoms with Gasteiger partial charge in [0.25, 0.3) is 0 Å². The molecule has 5 nitrogen and oxygen atoms in total. The van der Waals surface area contributed by atoms with Crippen molar-refractivity contribution in [2.24, 2.45) is 11.3 Å². The number of hydrogen-bond acceptors (Lipinski definition) is 2. The van der Waals surface area contributed by atoms with Gasteiger partial charge in [-0.05, 0) is 44.4 Å². The summed E-state index contributed by atoms with van der Waals surface area (Å²) in [5.41, 5.74) is -0.718. The molecule has 3 aliphatic rings. The molecule has 3 rings (SSSR count). The van der Waals surface area contributed by atoms with E-state index in [1.54, 1.807) is 4.90 Å². The highest BCUT2D eigenvalue weighted by atomic mass is 16.4. The summed E-state index contributed by atoms with van der Waals surface area (Å²) >= 11 is 0. The molecule has 5 heteroatoms. The largest absolute Gasteiger partial charge is 0.481 e. The van der Waals surface area contributed by atoms with E-state index in [9.17, 15) is 14.7 Å². The van der Waals surface area contributed by atoms with Gasteiger partial charge in [0.1, 0.15) is 0 Å². The number of rotatable bonds is 5. The zero-order chi connectivity index (χ0) is 14.3. The monoisotopic (exact) mass is 280 g/mol. The van der Waals surface area contributed by atoms with Crippen molar-refractivity contribution in [1.29, 1.82) is 0 Å². The van der Waals surface area contributed by atoms with Crippen molar-refractivity contribution in [2.45, 2.75) is 51.5 Å². The highest BCUT2D eigenvalue weighted by molar-refractivity contribution is 5.80. The molecule has 20 heavy (non-hydrogen) atoms. The fraction of sp³-hybridized carbons (Fsp3) is 0.867. The summed E-state index contributed by atoms with van der Waals surface area (Å²) in [5, 5.41) is 9.43. The highest BCUT2D eigenvalue weighted by Crippen LogP contribution is 2.38. The van der Waals surface area contributed by atoms with Crippen molar-refractivity contribution < 1.29 is 14.7 Å². The number of carbonyl (C=O) groups excluding carboxylic acids is 1. The first kappa shape index (κ1) is 13.7. The van der Waals surface area contributed by atoms with Gasteiger partial charge < -0.3 is 14.9 Å². The number of amides is 2. The van der Waals surface area contributed by atoms with Crippen LogP contribution in [0, 0.1) is 11.3 Å². The smallest absolute Gasteiger partial charge is 0.320 e. The van der Waals surface area contributed by atoms with Crippen LogP contribution in [0.5, 0.6) is 0 Å². The molecule has 0 spiro atoms. The SMILES string of the molecule is CCC1(C(=O)O)CCN(C(=O)N(CC2CC2)C2CC2)C1. The van der Waals surface area contributed by atoms with Gasteiger partial charge in [-0.2, -0.15) is 0 Å². The van der Waals surface area contributed by atoms with Gasteiger partial charge in [-0.15, -0.1) is 0 Å². The minimum atomic E-state index is -0.754. The molecule has 2 saturated carbocycles.